The summed E-state index contributed by atoms with van der Waals surface area (Å²) < 4.78 is 5.31. The molecule has 0 saturated carbocycles. The molecule has 1 saturated heterocycles. The Kier molecular flexibility index (Phi) is 5.86. The van der Waals surface area contributed by atoms with Gasteiger partial charge in [-0.3, -0.25) is 9.69 Å². The summed E-state index contributed by atoms with van der Waals surface area (Å²) >= 11 is 0. The molecule has 1 aromatic heterocycles. The molecule has 2 aromatic carbocycles. The molecule has 0 radical (unpaired) electrons. The number of ether oxygens (including phenoxy) is 1. The maximum atomic E-state index is 12.6. The van der Waals surface area contributed by atoms with Crippen molar-refractivity contribution in [1.29, 1.82) is 0 Å². The maximum absolute atomic E-state index is 12.6. The highest BCUT2D eigenvalue weighted by Gasteiger charge is 2.22. The minimum atomic E-state index is 0.0681. The van der Waals surface area contributed by atoms with Crippen LogP contribution >= 0.6 is 0 Å². The standard InChI is InChI=1S/C24H29N3O2/c1-17-11-12-27(15-17)16-24(28)26-13-21(18-7-9-19(29-2)10-8-18)22-14-25-23-6-4-3-5-20(22)23/h3-10,14,17,21,25H,11-13,15-16H2,1-2H3,(H,26,28). The van der Waals surface area contributed by atoms with Gasteiger partial charge in [0.15, 0.2) is 0 Å². The van der Waals surface area contributed by atoms with E-state index < -0.39 is 0 Å². The number of nitrogens with one attached hydrogen (secondary N) is 2. The lowest BCUT2D eigenvalue weighted by atomic mass is 9.90. The Hall–Kier alpha value is -2.79. The number of H-pyrrole nitrogens is 1. The van der Waals surface area contributed by atoms with Crippen LogP contribution < -0.4 is 10.1 Å². The highest BCUT2D eigenvalue weighted by molar-refractivity contribution is 5.84. The zero-order valence-corrected chi connectivity index (χ0v) is 17.2. The topological polar surface area (TPSA) is 57.4 Å². The lowest BCUT2D eigenvalue weighted by molar-refractivity contribution is -0.122. The predicted octanol–water partition coefficient (Wildman–Crippen LogP) is 3.77. The molecule has 2 unspecified atom stereocenters. The van der Waals surface area contributed by atoms with E-state index in [0.717, 1.165) is 29.9 Å². The van der Waals surface area contributed by atoms with Crippen LogP contribution in [0.25, 0.3) is 10.9 Å². The van der Waals surface area contributed by atoms with Crippen molar-refractivity contribution in [2.24, 2.45) is 5.92 Å². The van der Waals surface area contributed by atoms with Gasteiger partial charge in [0.05, 0.1) is 13.7 Å². The number of rotatable bonds is 7. The number of aromatic amines is 1. The van der Waals surface area contributed by atoms with Crippen molar-refractivity contribution in [2.45, 2.75) is 19.3 Å². The molecule has 0 spiro atoms. The molecule has 1 aliphatic heterocycles. The second kappa shape index (κ2) is 8.70. The van der Waals surface area contributed by atoms with Gasteiger partial charge in [0.1, 0.15) is 5.75 Å². The number of para-hydroxylation sites is 1. The molecule has 0 aliphatic carbocycles. The van der Waals surface area contributed by atoms with Gasteiger partial charge in [-0.05, 0) is 48.2 Å². The Labute approximate surface area is 172 Å². The second-order valence-corrected chi connectivity index (χ2v) is 8.05. The maximum Gasteiger partial charge on any atom is 0.234 e. The van der Waals surface area contributed by atoms with Gasteiger partial charge < -0.3 is 15.0 Å². The molecular weight excluding hydrogens is 362 g/mol. The lowest BCUT2D eigenvalue weighted by Gasteiger charge is -2.20. The number of aromatic nitrogens is 1. The summed E-state index contributed by atoms with van der Waals surface area (Å²) in [5.41, 5.74) is 3.46. The molecule has 2 heterocycles. The van der Waals surface area contributed by atoms with Gasteiger partial charge in [0.25, 0.3) is 0 Å². The first-order valence-electron chi connectivity index (χ1n) is 10.3. The summed E-state index contributed by atoms with van der Waals surface area (Å²) in [5.74, 6) is 1.68. The van der Waals surface area contributed by atoms with E-state index in [1.54, 1.807) is 7.11 Å². The normalized spacial score (nSPS) is 18.1. The van der Waals surface area contributed by atoms with E-state index in [1.807, 2.05) is 18.2 Å². The molecule has 1 fully saturated rings. The highest BCUT2D eigenvalue weighted by Crippen LogP contribution is 2.31. The zero-order chi connectivity index (χ0) is 20.2. The van der Waals surface area contributed by atoms with Crippen molar-refractivity contribution < 1.29 is 9.53 Å². The number of hydrogen-bond acceptors (Lipinski definition) is 3. The monoisotopic (exact) mass is 391 g/mol. The van der Waals surface area contributed by atoms with Crippen LogP contribution in [-0.2, 0) is 4.79 Å². The van der Waals surface area contributed by atoms with Gasteiger partial charge in [-0.1, -0.05) is 37.3 Å². The van der Waals surface area contributed by atoms with Gasteiger partial charge in [0, 0.05) is 36.1 Å². The third-order valence-electron chi connectivity index (χ3n) is 5.89. The molecule has 3 aromatic rings. The number of amides is 1. The number of carbonyl (C=O) groups excluding carboxylic acids is 1. The van der Waals surface area contributed by atoms with E-state index in [2.05, 4.69) is 58.7 Å². The largest absolute Gasteiger partial charge is 0.497 e. The molecule has 152 valence electrons. The van der Waals surface area contributed by atoms with Crippen molar-refractivity contribution >= 4 is 16.8 Å². The molecule has 2 N–H and O–H groups in total. The zero-order valence-electron chi connectivity index (χ0n) is 17.2. The van der Waals surface area contributed by atoms with Crippen molar-refractivity contribution in [3.8, 4) is 5.75 Å². The molecule has 2 atom stereocenters. The fourth-order valence-electron chi connectivity index (χ4n) is 4.27. The van der Waals surface area contributed by atoms with Gasteiger partial charge in [0.2, 0.25) is 5.91 Å². The fraction of sp³-hybridized carbons (Fsp3) is 0.375. The summed E-state index contributed by atoms with van der Waals surface area (Å²) in [4.78, 5) is 18.2. The van der Waals surface area contributed by atoms with Crippen molar-refractivity contribution in [3.63, 3.8) is 0 Å². The van der Waals surface area contributed by atoms with Crippen LogP contribution in [0.1, 0.15) is 30.4 Å². The van der Waals surface area contributed by atoms with E-state index >= 15 is 0 Å². The van der Waals surface area contributed by atoms with E-state index in [4.69, 9.17) is 4.74 Å². The van der Waals surface area contributed by atoms with Gasteiger partial charge in [-0.15, -0.1) is 0 Å². The predicted molar refractivity (Wildman–Crippen MR) is 116 cm³/mol. The minimum Gasteiger partial charge on any atom is -0.497 e. The first-order valence-corrected chi connectivity index (χ1v) is 10.3. The van der Waals surface area contributed by atoms with Crippen LogP contribution in [-0.4, -0.2) is 49.1 Å². The second-order valence-electron chi connectivity index (χ2n) is 8.05. The Morgan fingerprint density at radius 1 is 1.24 bits per heavy atom. The number of fused-ring (bicyclic) bond motifs is 1. The van der Waals surface area contributed by atoms with Crippen LogP contribution in [0.2, 0.25) is 0 Å². The minimum absolute atomic E-state index is 0.0681. The summed E-state index contributed by atoms with van der Waals surface area (Å²) in [6.45, 7) is 5.31. The van der Waals surface area contributed by atoms with Gasteiger partial charge in [-0.25, -0.2) is 0 Å². The number of carbonyl (C=O) groups is 1. The molecule has 5 heteroatoms. The molecule has 5 nitrogen and oxygen atoms in total. The molecule has 0 bridgehead atoms. The van der Waals surface area contributed by atoms with Crippen molar-refractivity contribution in [1.82, 2.24) is 15.2 Å². The number of benzene rings is 2. The summed E-state index contributed by atoms with van der Waals surface area (Å²) in [5, 5.41) is 4.37. The van der Waals surface area contributed by atoms with Crippen LogP contribution in [0.3, 0.4) is 0 Å². The quantitative estimate of drug-likeness (QED) is 0.645. The molecule has 1 amide bonds. The molecule has 29 heavy (non-hydrogen) atoms. The Bertz CT molecular complexity index is 964. The van der Waals surface area contributed by atoms with Crippen molar-refractivity contribution in [2.75, 3.05) is 33.3 Å². The smallest absolute Gasteiger partial charge is 0.234 e. The first-order chi connectivity index (χ1) is 14.1. The average molecular weight is 392 g/mol. The Balaban J connectivity index is 1.54. The third kappa shape index (κ3) is 4.46. The Morgan fingerprint density at radius 3 is 2.76 bits per heavy atom. The molecular formula is C24H29N3O2. The Morgan fingerprint density at radius 2 is 2.03 bits per heavy atom. The lowest BCUT2D eigenvalue weighted by Crippen LogP contribution is -2.38. The molecule has 1 aliphatic rings. The van der Waals surface area contributed by atoms with Crippen LogP contribution in [0.4, 0.5) is 0 Å². The average Bonchev–Trinajstić information content (AvgIpc) is 3.35. The van der Waals surface area contributed by atoms with E-state index in [1.165, 1.54) is 17.4 Å². The van der Waals surface area contributed by atoms with Gasteiger partial charge >= 0.3 is 0 Å². The number of nitrogens with zero attached hydrogens (tertiary/aromatic N) is 1. The van der Waals surface area contributed by atoms with Crippen molar-refractivity contribution in [3.05, 3.63) is 65.9 Å². The number of methoxy groups -OCH3 is 1. The van der Waals surface area contributed by atoms with E-state index in [0.29, 0.717) is 19.0 Å². The number of likely N-dealkylation sites (tertiary alicyclic amines) is 1. The van der Waals surface area contributed by atoms with Crippen LogP contribution in [0.5, 0.6) is 5.75 Å². The highest BCUT2D eigenvalue weighted by atomic mass is 16.5. The van der Waals surface area contributed by atoms with Gasteiger partial charge in [-0.2, -0.15) is 0 Å². The van der Waals surface area contributed by atoms with Crippen LogP contribution in [0, 0.1) is 5.92 Å². The molecule has 4 rings (SSSR count). The number of hydrogen-bond donors (Lipinski definition) is 2. The first kappa shape index (κ1) is 19.5. The van der Waals surface area contributed by atoms with E-state index in [9.17, 15) is 4.79 Å². The summed E-state index contributed by atoms with van der Waals surface area (Å²) in [6, 6.07) is 16.4. The van der Waals surface area contributed by atoms with E-state index in [-0.39, 0.29) is 11.8 Å². The summed E-state index contributed by atoms with van der Waals surface area (Å²) in [6.07, 6.45) is 3.24. The summed E-state index contributed by atoms with van der Waals surface area (Å²) in [7, 11) is 1.67. The fourth-order valence-corrected chi connectivity index (χ4v) is 4.27. The third-order valence-corrected chi connectivity index (χ3v) is 5.89. The van der Waals surface area contributed by atoms with Crippen LogP contribution in [0.15, 0.2) is 54.7 Å². The SMILES string of the molecule is COc1ccc(C(CNC(=O)CN2CCC(C)C2)c2c[nH]c3ccccc23)cc1.